The zero-order chi connectivity index (χ0) is 13.8. The summed E-state index contributed by atoms with van der Waals surface area (Å²) in [6.45, 7) is 0.923. The second-order valence-corrected chi connectivity index (χ2v) is 4.80. The third kappa shape index (κ3) is 2.51. The van der Waals surface area contributed by atoms with Gasteiger partial charge in [0.15, 0.2) is 0 Å². The predicted octanol–water partition coefficient (Wildman–Crippen LogP) is 3.70. The van der Waals surface area contributed by atoms with Crippen molar-refractivity contribution < 1.29 is 5.11 Å². The zero-order valence-electron chi connectivity index (χ0n) is 11.2. The quantitative estimate of drug-likeness (QED) is 0.763. The van der Waals surface area contributed by atoms with Gasteiger partial charge in [-0.15, -0.1) is 0 Å². The first-order valence-electron chi connectivity index (χ1n) is 6.77. The maximum absolute atomic E-state index is 8.95. The van der Waals surface area contributed by atoms with E-state index in [1.807, 2.05) is 18.2 Å². The van der Waals surface area contributed by atoms with Gasteiger partial charge in [-0.05, 0) is 17.2 Å². The monoisotopic (exact) mass is 263 g/mol. The highest BCUT2D eigenvalue weighted by Gasteiger charge is 2.06. The average molecular weight is 263 g/mol. The molecule has 0 saturated heterocycles. The van der Waals surface area contributed by atoms with Crippen LogP contribution in [0.4, 0.5) is 0 Å². The summed E-state index contributed by atoms with van der Waals surface area (Å²) in [5, 5.41) is 10.2. The molecular weight excluding hydrogens is 246 g/mol. The Hall–Kier alpha value is -2.32. The molecular formula is C18H17NO. The van der Waals surface area contributed by atoms with Gasteiger partial charge in [-0.3, -0.25) is 0 Å². The first-order chi connectivity index (χ1) is 9.88. The van der Waals surface area contributed by atoms with Gasteiger partial charge >= 0.3 is 0 Å². The second kappa shape index (κ2) is 5.76. The molecule has 100 valence electrons. The van der Waals surface area contributed by atoms with Crippen LogP contribution in [0, 0.1) is 0 Å². The summed E-state index contributed by atoms with van der Waals surface area (Å²) in [6, 6.07) is 18.8. The molecule has 1 N–H and O–H groups in total. The lowest BCUT2D eigenvalue weighted by Gasteiger charge is -2.05. The smallest absolute Gasteiger partial charge is 0.0615 e. The van der Waals surface area contributed by atoms with Crippen molar-refractivity contribution >= 4 is 17.0 Å². The summed E-state index contributed by atoms with van der Waals surface area (Å²) in [5.74, 6) is 0. The predicted molar refractivity (Wildman–Crippen MR) is 83.6 cm³/mol. The Morgan fingerprint density at radius 1 is 0.950 bits per heavy atom. The Bertz CT molecular complexity index is 726. The molecule has 3 aromatic rings. The van der Waals surface area contributed by atoms with Gasteiger partial charge in [-0.1, -0.05) is 60.7 Å². The number of aromatic nitrogens is 1. The van der Waals surface area contributed by atoms with Crippen LogP contribution in [0.5, 0.6) is 0 Å². The molecule has 1 heterocycles. The number of aliphatic hydroxyl groups is 1. The molecule has 0 fully saturated rings. The van der Waals surface area contributed by atoms with Crippen molar-refractivity contribution in [3.05, 3.63) is 78.0 Å². The lowest BCUT2D eigenvalue weighted by Crippen LogP contribution is -1.97. The lowest BCUT2D eigenvalue weighted by molar-refractivity contribution is 0.343. The summed E-state index contributed by atoms with van der Waals surface area (Å²) in [7, 11) is 0. The molecule has 2 nitrogen and oxygen atoms in total. The van der Waals surface area contributed by atoms with Gasteiger partial charge in [0.1, 0.15) is 0 Å². The van der Waals surface area contributed by atoms with Crippen LogP contribution >= 0.6 is 0 Å². The minimum absolute atomic E-state index is 0.0677. The highest BCUT2D eigenvalue weighted by atomic mass is 16.2. The fraction of sp³-hybridized carbons (Fsp3) is 0.111. The Balaban J connectivity index is 2.04. The maximum atomic E-state index is 8.95. The average Bonchev–Trinajstić information content (AvgIpc) is 2.85. The van der Waals surface area contributed by atoms with E-state index >= 15 is 0 Å². The zero-order valence-corrected chi connectivity index (χ0v) is 11.2. The number of nitrogens with zero attached hydrogens (tertiary/aromatic N) is 1. The second-order valence-electron chi connectivity index (χ2n) is 4.80. The van der Waals surface area contributed by atoms with Crippen molar-refractivity contribution in [1.82, 2.24) is 4.57 Å². The molecule has 0 aliphatic carbocycles. The van der Waals surface area contributed by atoms with Crippen LogP contribution in [0.25, 0.3) is 17.0 Å². The highest BCUT2D eigenvalue weighted by molar-refractivity contribution is 5.89. The largest absolute Gasteiger partial charge is 0.392 e. The molecule has 1 aromatic heterocycles. The summed E-state index contributed by atoms with van der Waals surface area (Å²) >= 11 is 0. The van der Waals surface area contributed by atoms with Gasteiger partial charge in [0.05, 0.1) is 6.61 Å². The molecule has 0 bridgehead atoms. The van der Waals surface area contributed by atoms with Crippen LogP contribution in [-0.2, 0) is 6.54 Å². The molecule has 3 rings (SSSR count). The molecule has 2 aromatic carbocycles. The van der Waals surface area contributed by atoms with E-state index in [0.29, 0.717) is 0 Å². The molecule has 0 unspecified atom stereocenters. The Kier molecular flexibility index (Phi) is 3.66. The van der Waals surface area contributed by atoms with Crippen LogP contribution < -0.4 is 0 Å². The van der Waals surface area contributed by atoms with Gasteiger partial charge in [0.2, 0.25) is 0 Å². The minimum atomic E-state index is 0.0677. The minimum Gasteiger partial charge on any atom is -0.392 e. The summed E-state index contributed by atoms with van der Waals surface area (Å²) in [4.78, 5) is 0. The molecule has 0 amide bonds. The fourth-order valence-electron chi connectivity index (χ4n) is 2.50. The number of benzene rings is 2. The first kappa shape index (κ1) is 12.7. The Morgan fingerprint density at radius 2 is 1.70 bits per heavy atom. The molecule has 0 saturated carbocycles. The number of hydrogen-bond donors (Lipinski definition) is 1. The van der Waals surface area contributed by atoms with Crippen molar-refractivity contribution in [2.24, 2.45) is 0 Å². The topological polar surface area (TPSA) is 25.2 Å². The van der Waals surface area contributed by atoms with Gasteiger partial charge in [-0.2, -0.15) is 0 Å². The summed E-state index contributed by atoms with van der Waals surface area (Å²) < 4.78 is 2.25. The molecule has 0 radical (unpaired) electrons. The molecule has 0 aliphatic rings. The van der Waals surface area contributed by atoms with E-state index in [0.717, 1.165) is 12.1 Å². The van der Waals surface area contributed by atoms with Crippen molar-refractivity contribution in [2.45, 2.75) is 6.54 Å². The number of para-hydroxylation sites is 1. The Labute approximate surface area is 118 Å². The maximum Gasteiger partial charge on any atom is 0.0615 e. The Morgan fingerprint density at radius 3 is 2.50 bits per heavy atom. The third-order valence-corrected chi connectivity index (χ3v) is 3.42. The van der Waals surface area contributed by atoms with Crippen LogP contribution in [0.2, 0.25) is 0 Å². The SMILES string of the molecule is OCC=Cc1cn(Cc2ccccc2)c2ccccc12. The van der Waals surface area contributed by atoms with E-state index < -0.39 is 0 Å². The fourth-order valence-corrected chi connectivity index (χ4v) is 2.50. The van der Waals surface area contributed by atoms with E-state index in [2.05, 4.69) is 53.2 Å². The lowest BCUT2D eigenvalue weighted by atomic mass is 10.1. The van der Waals surface area contributed by atoms with E-state index in [4.69, 9.17) is 5.11 Å². The van der Waals surface area contributed by atoms with Crippen LogP contribution in [0.1, 0.15) is 11.1 Å². The molecule has 0 spiro atoms. The van der Waals surface area contributed by atoms with Gasteiger partial charge < -0.3 is 9.67 Å². The number of hydrogen-bond acceptors (Lipinski definition) is 1. The van der Waals surface area contributed by atoms with Crippen molar-refractivity contribution in [2.75, 3.05) is 6.61 Å². The standard InChI is InChI=1S/C18H17NO/c20-12-6-9-16-14-19(13-15-7-2-1-3-8-15)18-11-5-4-10-17(16)18/h1-11,14,20H,12-13H2. The van der Waals surface area contributed by atoms with Crippen molar-refractivity contribution in [3.63, 3.8) is 0 Å². The van der Waals surface area contributed by atoms with Gasteiger partial charge in [0.25, 0.3) is 0 Å². The normalized spacial score (nSPS) is 11.4. The van der Waals surface area contributed by atoms with Crippen molar-refractivity contribution in [1.29, 1.82) is 0 Å². The van der Waals surface area contributed by atoms with Crippen LogP contribution in [-0.4, -0.2) is 16.3 Å². The van der Waals surface area contributed by atoms with Crippen LogP contribution in [0.15, 0.2) is 66.9 Å². The van der Waals surface area contributed by atoms with E-state index in [1.165, 1.54) is 16.5 Å². The van der Waals surface area contributed by atoms with Crippen LogP contribution in [0.3, 0.4) is 0 Å². The molecule has 20 heavy (non-hydrogen) atoms. The van der Waals surface area contributed by atoms with E-state index in [1.54, 1.807) is 6.08 Å². The number of rotatable bonds is 4. The molecule has 0 aliphatic heterocycles. The molecule has 0 atom stereocenters. The summed E-state index contributed by atoms with van der Waals surface area (Å²) in [5.41, 5.74) is 3.64. The third-order valence-electron chi connectivity index (χ3n) is 3.42. The number of fused-ring (bicyclic) bond motifs is 1. The van der Waals surface area contributed by atoms with Crippen molar-refractivity contribution in [3.8, 4) is 0 Å². The van der Waals surface area contributed by atoms with E-state index in [9.17, 15) is 0 Å². The highest BCUT2D eigenvalue weighted by Crippen LogP contribution is 2.23. The first-order valence-corrected chi connectivity index (χ1v) is 6.77. The van der Waals surface area contributed by atoms with Gasteiger partial charge in [-0.25, -0.2) is 0 Å². The van der Waals surface area contributed by atoms with E-state index in [-0.39, 0.29) is 6.61 Å². The molecule has 2 heteroatoms. The summed E-state index contributed by atoms with van der Waals surface area (Å²) in [6.07, 6.45) is 5.89. The number of aliphatic hydroxyl groups excluding tert-OH is 1. The van der Waals surface area contributed by atoms with Gasteiger partial charge in [0, 0.05) is 23.6 Å².